The molecule has 18 heteroatoms. The molecule has 0 radical (unpaired) electrons. The highest BCUT2D eigenvalue weighted by molar-refractivity contribution is 7.46. The Balaban J connectivity index is 2.69. The molecule has 0 aliphatic rings. The Morgan fingerprint density at radius 1 is 1.00 bits per heavy atom. The fourth-order valence-electron chi connectivity index (χ4n) is 2.48. The van der Waals surface area contributed by atoms with Gasteiger partial charge in [-0.1, -0.05) is 0 Å². The van der Waals surface area contributed by atoms with Gasteiger partial charge < -0.3 is 24.5 Å². The largest absolute Gasteiger partial charge is 0.524 e. The van der Waals surface area contributed by atoms with Gasteiger partial charge in [-0.3, -0.25) is 19.1 Å². The van der Waals surface area contributed by atoms with E-state index in [4.69, 9.17) is 29.8 Å². The number of hydrogen-bond donors (Lipinski definition) is 6. The summed E-state index contributed by atoms with van der Waals surface area (Å²) in [7, 11) is -10.3. The fourth-order valence-corrected chi connectivity index (χ4v) is 3.25. The number of carbonyl (C=O) groups is 3. The van der Waals surface area contributed by atoms with Crippen LogP contribution in [0.1, 0.15) is 42.3 Å². The molecule has 0 unspecified atom stereocenters. The normalized spacial score (nSPS) is 12.0. The Morgan fingerprint density at radius 3 is 2.00 bits per heavy atom. The van der Waals surface area contributed by atoms with Crippen LogP contribution in [0, 0.1) is 6.92 Å². The number of carbonyl (C=O) groups excluding carboxylic acids is 1. The van der Waals surface area contributed by atoms with Crippen molar-refractivity contribution < 1.29 is 62.3 Å². The molecule has 1 aromatic carbocycles. The molecule has 34 heavy (non-hydrogen) atoms. The number of azo groups is 1. The van der Waals surface area contributed by atoms with Crippen LogP contribution in [0.15, 0.2) is 28.4 Å². The fraction of sp³-hybridized carbons (Fsp3) is 0.125. The molecule has 1 aromatic heterocycles. The first kappa shape index (κ1) is 26.9. The number of phosphoric ester groups is 2. The third-order valence-electron chi connectivity index (χ3n) is 3.82. The van der Waals surface area contributed by atoms with Crippen molar-refractivity contribution in [3.8, 4) is 5.75 Å². The molecule has 0 aliphatic carbocycles. The molecule has 2 aromatic rings. The average molecular weight is 519 g/mol. The van der Waals surface area contributed by atoms with Crippen molar-refractivity contribution in [3.05, 3.63) is 46.1 Å². The van der Waals surface area contributed by atoms with Crippen molar-refractivity contribution in [2.24, 2.45) is 10.2 Å². The van der Waals surface area contributed by atoms with Gasteiger partial charge in [-0.2, -0.15) is 0 Å². The van der Waals surface area contributed by atoms with E-state index in [9.17, 15) is 23.5 Å². The Kier molecular flexibility index (Phi) is 8.13. The molecular formula is C16H15N3O13P2. The van der Waals surface area contributed by atoms with Crippen molar-refractivity contribution in [2.75, 3.05) is 0 Å². The first-order valence-corrected chi connectivity index (χ1v) is 11.6. The van der Waals surface area contributed by atoms with Crippen LogP contribution in [0.25, 0.3) is 0 Å². The minimum Gasteiger partial charge on any atom is -0.478 e. The van der Waals surface area contributed by atoms with Crippen LogP contribution in [0.4, 0.5) is 11.5 Å². The lowest BCUT2D eigenvalue weighted by Gasteiger charge is -2.16. The van der Waals surface area contributed by atoms with Crippen LogP contribution in [0.2, 0.25) is 0 Å². The number of pyridine rings is 1. The number of carboxylic acid groups (broad SMARTS) is 2. The van der Waals surface area contributed by atoms with Crippen molar-refractivity contribution in [3.63, 3.8) is 0 Å². The Hall–Kier alpha value is -3.36. The standard InChI is InChI=1S/C16H15N3O13P2/c1-7-13(32-34(28,29)30)11(5-20)12(6-31-33(25,26)27)14(17-7)19-18-10-3-8(15(21)22)2-9(4-10)16(23)24/h2-5H,6H2,1H3,(H,21,22)(H,23,24)(H2,25,26,27)(H2,28,29,30). The highest BCUT2D eigenvalue weighted by Gasteiger charge is 2.27. The average Bonchev–Trinajstić information content (AvgIpc) is 2.70. The number of benzene rings is 1. The minimum atomic E-state index is -5.19. The summed E-state index contributed by atoms with van der Waals surface area (Å²) < 4.78 is 31.2. The summed E-state index contributed by atoms with van der Waals surface area (Å²) in [5, 5.41) is 25.6. The lowest BCUT2D eigenvalue weighted by molar-refractivity contribution is 0.0696. The van der Waals surface area contributed by atoms with Crippen LogP contribution in [-0.2, 0) is 20.3 Å². The number of hydrogen-bond acceptors (Lipinski definition) is 10. The Bertz CT molecular complexity index is 1250. The maximum Gasteiger partial charge on any atom is 0.524 e. The van der Waals surface area contributed by atoms with Gasteiger partial charge in [0.1, 0.15) is 0 Å². The number of aromatic nitrogens is 1. The van der Waals surface area contributed by atoms with Crippen LogP contribution in [0.3, 0.4) is 0 Å². The van der Waals surface area contributed by atoms with E-state index >= 15 is 0 Å². The molecule has 0 atom stereocenters. The van der Waals surface area contributed by atoms with Crippen LogP contribution in [0.5, 0.6) is 5.75 Å². The van der Waals surface area contributed by atoms with Crippen molar-refractivity contribution in [1.29, 1.82) is 0 Å². The van der Waals surface area contributed by atoms with E-state index in [2.05, 4.69) is 24.3 Å². The number of aromatic carboxylic acids is 2. The second kappa shape index (κ2) is 10.3. The van der Waals surface area contributed by atoms with Gasteiger partial charge >= 0.3 is 27.6 Å². The Morgan fingerprint density at radius 2 is 1.56 bits per heavy atom. The van der Waals surface area contributed by atoms with Crippen molar-refractivity contribution in [2.45, 2.75) is 13.5 Å². The third kappa shape index (κ3) is 7.33. The summed E-state index contributed by atoms with van der Waals surface area (Å²) in [6.45, 7) is 0.130. The molecule has 0 amide bonds. The second-order valence-corrected chi connectivity index (χ2v) is 8.69. The van der Waals surface area contributed by atoms with Crippen LogP contribution >= 0.6 is 15.6 Å². The summed E-state index contributed by atoms with van der Waals surface area (Å²) >= 11 is 0. The van der Waals surface area contributed by atoms with Gasteiger partial charge in [-0.15, -0.1) is 10.2 Å². The second-order valence-electron chi connectivity index (χ2n) is 6.28. The van der Waals surface area contributed by atoms with E-state index in [1.54, 1.807) is 0 Å². The van der Waals surface area contributed by atoms with Gasteiger partial charge in [0.15, 0.2) is 17.9 Å². The Labute approximate surface area is 189 Å². The quantitative estimate of drug-likeness (QED) is 0.149. The third-order valence-corrected chi connectivity index (χ3v) is 4.70. The highest BCUT2D eigenvalue weighted by atomic mass is 31.2. The lowest BCUT2D eigenvalue weighted by Crippen LogP contribution is -2.05. The molecule has 6 N–H and O–H groups in total. The smallest absolute Gasteiger partial charge is 0.478 e. The summed E-state index contributed by atoms with van der Waals surface area (Å²) in [5.74, 6) is -4.17. The number of phosphoric acid groups is 2. The van der Waals surface area contributed by atoms with Gasteiger partial charge in [-0.25, -0.2) is 23.7 Å². The minimum absolute atomic E-state index is 0.0463. The molecule has 0 saturated heterocycles. The monoisotopic (exact) mass is 519 g/mol. The highest BCUT2D eigenvalue weighted by Crippen LogP contribution is 2.44. The zero-order chi connectivity index (χ0) is 25.8. The van der Waals surface area contributed by atoms with E-state index < -0.39 is 68.0 Å². The first-order valence-electron chi connectivity index (χ1n) is 8.58. The predicted octanol–water partition coefficient (Wildman–Crippen LogP) is 2.10. The maximum absolute atomic E-state index is 11.7. The summed E-state index contributed by atoms with van der Waals surface area (Å²) in [6, 6.07) is 2.79. The van der Waals surface area contributed by atoms with Gasteiger partial charge in [0.2, 0.25) is 0 Å². The van der Waals surface area contributed by atoms with E-state index in [0.717, 1.165) is 25.1 Å². The van der Waals surface area contributed by atoms with Gasteiger partial charge in [0, 0.05) is 5.56 Å². The summed E-state index contributed by atoms with van der Waals surface area (Å²) in [5.41, 5.74) is -2.57. The topological polar surface area (TPSA) is 263 Å². The zero-order valence-electron chi connectivity index (χ0n) is 16.8. The maximum atomic E-state index is 11.7. The molecule has 1 heterocycles. The molecular weight excluding hydrogens is 504 g/mol. The van der Waals surface area contributed by atoms with E-state index in [1.807, 2.05) is 0 Å². The van der Waals surface area contributed by atoms with Crippen LogP contribution in [-0.4, -0.2) is 53.0 Å². The van der Waals surface area contributed by atoms with E-state index in [-0.39, 0.29) is 17.7 Å². The molecule has 0 saturated carbocycles. The first-order chi connectivity index (χ1) is 15.6. The number of rotatable bonds is 10. The number of nitrogens with zero attached hydrogens (tertiary/aromatic N) is 3. The van der Waals surface area contributed by atoms with Gasteiger partial charge in [0.05, 0.1) is 34.7 Å². The van der Waals surface area contributed by atoms with Crippen LogP contribution < -0.4 is 4.52 Å². The van der Waals surface area contributed by atoms with Gasteiger partial charge in [0.25, 0.3) is 0 Å². The van der Waals surface area contributed by atoms with Crippen molar-refractivity contribution in [1.82, 2.24) is 4.98 Å². The molecule has 16 nitrogen and oxygen atoms in total. The lowest BCUT2D eigenvalue weighted by atomic mass is 10.1. The molecule has 0 spiro atoms. The number of carboxylic acids is 2. The summed E-state index contributed by atoms with van der Waals surface area (Å²) in [6.07, 6.45) is 0.0463. The number of aryl methyl sites for hydroxylation is 1. The zero-order valence-corrected chi connectivity index (χ0v) is 18.6. The predicted molar refractivity (Wildman–Crippen MR) is 108 cm³/mol. The summed E-state index contributed by atoms with van der Waals surface area (Å²) in [4.78, 5) is 74.1. The van der Waals surface area contributed by atoms with Crippen molar-refractivity contribution >= 4 is 45.4 Å². The molecule has 182 valence electrons. The molecule has 2 rings (SSSR count). The SMILES string of the molecule is Cc1nc(N=Nc2cc(C(=O)O)cc(C(=O)O)c2)c(COP(=O)(O)O)c(C=O)c1OP(=O)(O)O. The van der Waals surface area contributed by atoms with E-state index in [1.165, 1.54) is 0 Å². The van der Waals surface area contributed by atoms with Gasteiger partial charge in [-0.05, 0) is 25.1 Å². The molecule has 0 bridgehead atoms. The molecule has 0 fully saturated rings. The van der Waals surface area contributed by atoms with E-state index in [0.29, 0.717) is 0 Å². The number of aldehydes is 1. The molecule has 0 aliphatic heterocycles.